The van der Waals surface area contributed by atoms with E-state index >= 15 is 0 Å². The van der Waals surface area contributed by atoms with Gasteiger partial charge in [-0.3, -0.25) is 0 Å². The van der Waals surface area contributed by atoms with Crippen molar-refractivity contribution in [1.82, 2.24) is 0 Å². The monoisotopic (exact) mass is 111 g/mol. The van der Waals surface area contributed by atoms with Gasteiger partial charge in [0.25, 0.3) is 0 Å². The molecule has 0 nitrogen and oxygen atoms in total. The molecule has 8 heavy (non-hydrogen) atoms. The molecular formula is C8H15. The van der Waals surface area contributed by atoms with E-state index in [9.17, 15) is 0 Å². The van der Waals surface area contributed by atoms with Crippen LogP contribution in [0.2, 0.25) is 0 Å². The van der Waals surface area contributed by atoms with Gasteiger partial charge in [-0.2, -0.15) is 0 Å². The predicted octanol–water partition coefficient (Wildman–Crippen LogP) is 2.81. The molecule has 0 aromatic carbocycles. The van der Waals surface area contributed by atoms with Crippen molar-refractivity contribution in [3.05, 3.63) is 19.1 Å². The average molecular weight is 111 g/mol. The van der Waals surface area contributed by atoms with E-state index in [-0.39, 0.29) is 5.41 Å². The van der Waals surface area contributed by atoms with Gasteiger partial charge >= 0.3 is 0 Å². The van der Waals surface area contributed by atoms with Crippen LogP contribution in [0.25, 0.3) is 0 Å². The maximum Gasteiger partial charge on any atom is -0.0175 e. The summed E-state index contributed by atoms with van der Waals surface area (Å²) >= 11 is 0. The molecule has 0 aliphatic heterocycles. The maximum absolute atomic E-state index is 3.92. The Morgan fingerprint density at radius 1 is 1.50 bits per heavy atom. The Morgan fingerprint density at radius 2 is 2.00 bits per heavy atom. The molecule has 0 amide bonds. The average Bonchev–Trinajstić information content (AvgIpc) is 1.59. The maximum atomic E-state index is 3.92. The zero-order chi connectivity index (χ0) is 6.62. The van der Waals surface area contributed by atoms with Gasteiger partial charge in [-0.15, -0.1) is 0 Å². The summed E-state index contributed by atoms with van der Waals surface area (Å²) in [7, 11) is 0. The lowest BCUT2D eigenvalue weighted by molar-refractivity contribution is 0.618. The highest BCUT2D eigenvalue weighted by Crippen LogP contribution is 2.13. The SMILES string of the molecule is [CH2]C(C)(C)C=CCC. The van der Waals surface area contributed by atoms with Crippen LogP contribution in [0.5, 0.6) is 0 Å². The zero-order valence-electron chi connectivity index (χ0n) is 6.07. The first-order valence-corrected chi connectivity index (χ1v) is 3.09. The van der Waals surface area contributed by atoms with Crippen LogP contribution in [0.1, 0.15) is 27.2 Å². The van der Waals surface area contributed by atoms with Crippen molar-refractivity contribution in [3.8, 4) is 0 Å². The zero-order valence-corrected chi connectivity index (χ0v) is 6.07. The third-order valence-corrected chi connectivity index (χ3v) is 0.805. The molecule has 0 aromatic heterocycles. The molecule has 0 spiro atoms. The summed E-state index contributed by atoms with van der Waals surface area (Å²) in [5, 5.41) is 0. The first-order chi connectivity index (χ1) is 3.56. The molecule has 0 saturated carbocycles. The lowest BCUT2D eigenvalue weighted by atomic mass is 9.96. The summed E-state index contributed by atoms with van der Waals surface area (Å²) in [6.45, 7) is 10.2. The molecule has 0 unspecified atom stereocenters. The smallest absolute Gasteiger partial charge is 0.0175 e. The third kappa shape index (κ3) is 5.74. The van der Waals surface area contributed by atoms with Crippen LogP contribution in [0.3, 0.4) is 0 Å². The van der Waals surface area contributed by atoms with Crippen molar-refractivity contribution in [2.24, 2.45) is 5.41 Å². The van der Waals surface area contributed by atoms with Crippen LogP contribution in [0.4, 0.5) is 0 Å². The van der Waals surface area contributed by atoms with Gasteiger partial charge in [-0.1, -0.05) is 32.9 Å². The first-order valence-electron chi connectivity index (χ1n) is 3.09. The minimum Gasteiger partial charge on any atom is -0.0883 e. The van der Waals surface area contributed by atoms with Gasteiger partial charge in [0.1, 0.15) is 0 Å². The second-order valence-electron chi connectivity index (χ2n) is 2.80. The second kappa shape index (κ2) is 2.91. The highest BCUT2D eigenvalue weighted by molar-refractivity contribution is 4.95. The van der Waals surface area contributed by atoms with Crippen molar-refractivity contribution in [2.45, 2.75) is 27.2 Å². The van der Waals surface area contributed by atoms with E-state index in [0.29, 0.717) is 0 Å². The standard InChI is InChI=1S/C8H15/c1-5-6-7-8(2,3)4/h6-7H,2,5H2,1,3-4H3. The summed E-state index contributed by atoms with van der Waals surface area (Å²) < 4.78 is 0. The highest BCUT2D eigenvalue weighted by atomic mass is 14.1. The Kier molecular flexibility index (Phi) is 2.81. The molecule has 1 radical (unpaired) electrons. The van der Waals surface area contributed by atoms with Crippen LogP contribution in [0.15, 0.2) is 12.2 Å². The van der Waals surface area contributed by atoms with Gasteiger partial charge in [0.05, 0.1) is 0 Å². The van der Waals surface area contributed by atoms with E-state index in [1.54, 1.807) is 0 Å². The molecule has 0 heterocycles. The fourth-order valence-electron chi connectivity index (χ4n) is 0.437. The normalized spacial score (nSPS) is 13.0. The van der Waals surface area contributed by atoms with Crippen LogP contribution in [-0.2, 0) is 0 Å². The van der Waals surface area contributed by atoms with E-state index in [4.69, 9.17) is 0 Å². The van der Waals surface area contributed by atoms with Crippen molar-refractivity contribution < 1.29 is 0 Å². The predicted molar refractivity (Wildman–Crippen MR) is 38.6 cm³/mol. The largest absolute Gasteiger partial charge is 0.0883 e. The van der Waals surface area contributed by atoms with Crippen LogP contribution < -0.4 is 0 Å². The minimum absolute atomic E-state index is 0.121. The van der Waals surface area contributed by atoms with Crippen molar-refractivity contribution in [1.29, 1.82) is 0 Å². The third-order valence-electron chi connectivity index (χ3n) is 0.805. The van der Waals surface area contributed by atoms with Crippen LogP contribution >= 0.6 is 0 Å². The van der Waals surface area contributed by atoms with Crippen LogP contribution in [-0.4, -0.2) is 0 Å². The number of hydrogen-bond acceptors (Lipinski definition) is 0. The number of allylic oxidation sites excluding steroid dienone is 2. The Hall–Kier alpha value is -0.260. The summed E-state index contributed by atoms with van der Waals surface area (Å²) in [5.74, 6) is 0. The molecule has 0 fully saturated rings. The first kappa shape index (κ1) is 7.74. The van der Waals surface area contributed by atoms with E-state index in [2.05, 4.69) is 39.8 Å². The van der Waals surface area contributed by atoms with E-state index in [1.165, 1.54) is 0 Å². The quantitative estimate of drug-likeness (QED) is 0.481. The molecule has 0 saturated heterocycles. The fraction of sp³-hybridized carbons (Fsp3) is 0.625. The number of rotatable bonds is 2. The second-order valence-corrected chi connectivity index (χ2v) is 2.80. The van der Waals surface area contributed by atoms with Gasteiger partial charge < -0.3 is 0 Å². The molecule has 0 aromatic rings. The molecule has 0 rings (SSSR count). The summed E-state index contributed by atoms with van der Waals surface area (Å²) in [6, 6.07) is 0. The number of hydrogen-bond donors (Lipinski definition) is 0. The van der Waals surface area contributed by atoms with E-state index < -0.39 is 0 Å². The van der Waals surface area contributed by atoms with Crippen molar-refractivity contribution in [3.63, 3.8) is 0 Å². The van der Waals surface area contributed by atoms with Crippen molar-refractivity contribution in [2.75, 3.05) is 0 Å². The van der Waals surface area contributed by atoms with Gasteiger partial charge in [-0.25, -0.2) is 0 Å². The van der Waals surface area contributed by atoms with Gasteiger partial charge in [0.15, 0.2) is 0 Å². The Balaban J connectivity index is 3.52. The Morgan fingerprint density at radius 3 is 2.12 bits per heavy atom. The van der Waals surface area contributed by atoms with Crippen LogP contribution in [0, 0.1) is 12.3 Å². The van der Waals surface area contributed by atoms with E-state index in [1.807, 2.05) is 0 Å². The fourth-order valence-corrected chi connectivity index (χ4v) is 0.437. The van der Waals surface area contributed by atoms with Gasteiger partial charge in [0, 0.05) is 0 Å². The summed E-state index contributed by atoms with van der Waals surface area (Å²) in [5.41, 5.74) is 0.121. The van der Waals surface area contributed by atoms with E-state index in [0.717, 1.165) is 6.42 Å². The molecule has 0 N–H and O–H groups in total. The van der Waals surface area contributed by atoms with Gasteiger partial charge in [-0.05, 0) is 18.8 Å². The minimum atomic E-state index is 0.121. The van der Waals surface area contributed by atoms with Gasteiger partial charge in [0.2, 0.25) is 0 Å². The molecule has 0 aliphatic carbocycles. The topological polar surface area (TPSA) is 0 Å². The molecule has 0 atom stereocenters. The lowest BCUT2D eigenvalue weighted by Gasteiger charge is -2.09. The Bertz CT molecular complexity index is 72.5. The van der Waals surface area contributed by atoms with Crippen molar-refractivity contribution >= 4 is 0 Å². The molecule has 47 valence electrons. The molecule has 0 heteroatoms. The molecular weight excluding hydrogens is 96.1 g/mol. The summed E-state index contributed by atoms with van der Waals surface area (Å²) in [4.78, 5) is 0. The Labute approximate surface area is 52.6 Å². The molecule has 0 aliphatic rings. The highest BCUT2D eigenvalue weighted by Gasteiger charge is 2.01. The summed E-state index contributed by atoms with van der Waals surface area (Å²) in [6.07, 6.45) is 5.39. The lowest BCUT2D eigenvalue weighted by Crippen LogP contribution is -1.98. The molecule has 0 bridgehead atoms.